The van der Waals surface area contributed by atoms with Crippen LogP contribution in [-0.4, -0.2) is 33.5 Å². The van der Waals surface area contributed by atoms with Gasteiger partial charge in [-0.05, 0) is 91.3 Å². The van der Waals surface area contributed by atoms with Gasteiger partial charge in [0.05, 0.1) is 16.7 Å². The van der Waals surface area contributed by atoms with Crippen molar-refractivity contribution in [3.8, 4) is 28.4 Å². The fourth-order valence-corrected chi connectivity index (χ4v) is 5.47. The van der Waals surface area contributed by atoms with Gasteiger partial charge in [-0.25, -0.2) is 0 Å². The van der Waals surface area contributed by atoms with Crippen LogP contribution in [0.2, 0.25) is 10.0 Å². The third kappa shape index (κ3) is 8.65. The van der Waals surface area contributed by atoms with Crippen LogP contribution >= 0.6 is 23.2 Å². The van der Waals surface area contributed by atoms with Crippen molar-refractivity contribution in [2.24, 2.45) is 0 Å². The van der Waals surface area contributed by atoms with Gasteiger partial charge in [-0.1, -0.05) is 71.7 Å². The van der Waals surface area contributed by atoms with E-state index in [0.29, 0.717) is 42.2 Å². The van der Waals surface area contributed by atoms with Gasteiger partial charge >= 0.3 is 0 Å². The minimum Gasteiger partial charge on any atom is -0.493 e. The predicted octanol–water partition coefficient (Wildman–Crippen LogP) is 9.31. The maximum Gasteiger partial charge on any atom is 0.156 e. The van der Waals surface area contributed by atoms with E-state index in [9.17, 15) is 0 Å². The highest BCUT2D eigenvalue weighted by Crippen LogP contribution is 2.35. The average molecular weight is 593 g/mol. The van der Waals surface area contributed by atoms with Crippen molar-refractivity contribution in [3.05, 3.63) is 118 Å². The Kier molecular flexibility index (Phi) is 11.4. The summed E-state index contributed by atoms with van der Waals surface area (Å²) in [6.45, 7) is 10.6. The van der Waals surface area contributed by atoms with Crippen LogP contribution in [0.15, 0.2) is 78.9 Å². The molecule has 1 atom stereocenters. The Labute approximate surface area is 254 Å². The molecule has 0 saturated heterocycles. The lowest BCUT2D eigenvalue weighted by Crippen LogP contribution is -2.09. The lowest BCUT2D eigenvalue weighted by molar-refractivity contribution is 0.172. The molecular formula is C35H37Cl2O4. The Bertz CT molecular complexity index is 1400. The monoisotopic (exact) mass is 591 g/mol. The summed E-state index contributed by atoms with van der Waals surface area (Å²) < 4.78 is 22.8. The highest BCUT2D eigenvalue weighted by molar-refractivity contribution is 6.37. The van der Waals surface area contributed by atoms with E-state index >= 15 is 0 Å². The molecule has 4 rings (SSSR count). The molecule has 4 nitrogen and oxygen atoms in total. The number of ether oxygens (including phenoxy) is 4. The van der Waals surface area contributed by atoms with Crippen molar-refractivity contribution >= 4 is 23.2 Å². The first kappa shape index (κ1) is 30.8. The molecule has 4 aromatic rings. The summed E-state index contributed by atoms with van der Waals surface area (Å²) in [6, 6.07) is 26.5. The molecule has 1 radical (unpaired) electrons. The van der Waals surface area contributed by atoms with Gasteiger partial charge in [0.2, 0.25) is 0 Å². The number of methoxy groups -OCH3 is 1. The zero-order valence-corrected chi connectivity index (χ0v) is 25.4. The van der Waals surface area contributed by atoms with Crippen molar-refractivity contribution in [2.45, 2.75) is 32.6 Å². The topological polar surface area (TPSA) is 36.9 Å². The lowest BCUT2D eigenvalue weighted by atomic mass is 9.89. The Morgan fingerprint density at radius 2 is 1.46 bits per heavy atom. The zero-order valence-electron chi connectivity index (χ0n) is 23.9. The summed E-state index contributed by atoms with van der Waals surface area (Å²) >= 11 is 12.5. The maximum atomic E-state index is 6.25. The maximum absolute atomic E-state index is 6.25. The van der Waals surface area contributed by atoms with Gasteiger partial charge in [-0.2, -0.15) is 0 Å². The third-order valence-corrected chi connectivity index (χ3v) is 7.37. The second-order valence-electron chi connectivity index (χ2n) is 10.1. The first-order valence-corrected chi connectivity index (χ1v) is 14.6. The zero-order chi connectivity index (χ0) is 29.2. The molecule has 0 heterocycles. The number of hydrogen-bond donors (Lipinski definition) is 0. The Morgan fingerprint density at radius 1 is 0.756 bits per heavy atom. The highest BCUT2D eigenvalue weighted by atomic mass is 35.5. The van der Waals surface area contributed by atoms with Gasteiger partial charge in [0, 0.05) is 25.7 Å². The number of benzene rings is 4. The summed E-state index contributed by atoms with van der Waals surface area (Å²) in [6.07, 6.45) is 1.68. The molecule has 4 aromatic carbocycles. The Hall–Kier alpha value is -3.18. The fourth-order valence-electron chi connectivity index (χ4n) is 4.76. The van der Waals surface area contributed by atoms with Crippen LogP contribution in [-0.2, 0) is 11.2 Å². The lowest BCUT2D eigenvalue weighted by Gasteiger charge is -2.17. The average Bonchev–Trinajstić information content (AvgIpc) is 2.95. The van der Waals surface area contributed by atoms with Crippen molar-refractivity contribution in [1.29, 1.82) is 0 Å². The van der Waals surface area contributed by atoms with Gasteiger partial charge in [0.15, 0.2) is 5.75 Å². The van der Waals surface area contributed by atoms with E-state index in [4.69, 9.17) is 42.1 Å². The summed E-state index contributed by atoms with van der Waals surface area (Å²) in [7, 11) is 1.71. The van der Waals surface area contributed by atoms with Gasteiger partial charge in [-0.15, -0.1) is 0 Å². The molecule has 0 aliphatic rings. The van der Waals surface area contributed by atoms with Crippen LogP contribution in [0.5, 0.6) is 17.2 Å². The quantitative estimate of drug-likeness (QED) is 0.137. The van der Waals surface area contributed by atoms with Crippen LogP contribution < -0.4 is 14.2 Å². The fraction of sp³-hybridized carbons (Fsp3) is 0.286. The van der Waals surface area contributed by atoms with Gasteiger partial charge in [0.1, 0.15) is 24.7 Å². The van der Waals surface area contributed by atoms with E-state index in [0.717, 1.165) is 41.0 Å². The number of para-hydroxylation sites is 1. The number of halogens is 2. The number of aryl methyl sites for hydroxylation is 2. The smallest absolute Gasteiger partial charge is 0.156 e. The molecule has 1 unspecified atom stereocenters. The molecule has 0 aliphatic heterocycles. The molecule has 215 valence electrons. The largest absolute Gasteiger partial charge is 0.493 e. The molecule has 6 heteroatoms. The van der Waals surface area contributed by atoms with Crippen molar-refractivity contribution < 1.29 is 18.9 Å². The van der Waals surface area contributed by atoms with E-state index in [1.807, 2.05) is 49.4 Å². The summed E-state index contributed by atoms with van der Waals surface area (Å²) in [5.41, 5.74) is 6.86. The van der Waals surface area contributed by atoms with Gasteiger partial charge < -0.3 is 18.9 Å². The standard InChI is InChI=1S/C35H37Cl2O4/c1-24-20-32(36)35(33(37)21-24)41-19-18-39-29-13-10-27(11-14-29)22-25(2)30-15-12-28(23-26(30)3)31-8-5-6-9-34(31)40-17-7-16-38-4/h5-6,8-15,20-21,23,25H,2,7,16-19,22H2,1,3-4H3. The Balaban J connectivity index is 1.31. The molecular weight excluding hydrogens is 555 g/mol. The first-order chi connectivity index (χ1) is 19.9. The van der Waals surface area contributed by atoms with Crippen LogP contribution in [0, 0.1) is 20.8 Å². The van der Waals surface area contributed by atoms with Gasteiger partial charge in [0.25, 0.3) is 0 Å². The molecule has 0 saturated carbocycles. The minimum absolute atomic E-state index is 0.119. The minimum atomic E-state index is 0.119. The normalized spacial score (nSPS) is 11.8. The molecule has 0 amide bonds. The van der Waals surface area contributed by atoms with E-state index in [-0.39, 0.29) is 5.92 Å². The third-order valence-electron chi connectivity index (χ3n) is 6.80. The first-order valence-electron chi connectivity index (χ1n) is 13.8. The molecule has 0 bridgehead atoms. The predicted molar refractivity (Wildman–Crippen MR) is 169 cm³/mol. The van der Waals surface area contributed by atoms with Crippen LogP contribution in [0.4, 0.5) is 0 Å². The molecule has 0 fully saturated rings. The second-order valence-corrected chi connectivity index (χ2v) is 10.9. The molecule has 0 aromatic heterocycles. The van der Waals surface area contributed by atoms with E-state index in [1.165, 1.54) is 16.7 Å². The van der Waals surface area contributed by atoms with E-state index in [1.54, 1.807) is 7.11 Å². The number of rotatable bonds is 14. The van der Waals surface area contributed by atoms with Crippen LogP contribution in [0.25, 0.3) is 11.1 Å². The van der Waals surface area contributed by atoms with Gasteiger partial charge in [-0.3, -0.25) is 0 Å². The second kappa shape index (κ2) is 15.2. The van der Waals surface area contributed by atoms with Crippen molar-refractivity contribution in [1.82, 2.24) is 0 Å². The molecule has 0 aliphatic carbocycles. The SMILES string of the molecule is [CH2]C(Cc1ccc(OCCOc2c(Cl)cc(C)cc2Cl)cc1)c1ccc(-c2ccccc2OCCCOC)cc1C. The van der Waals surface area contributed by atoms with Crippen molar-refractivity contribution in [3.63, 3.8) is 0 Å². The summed E-state index contributed by atoms with van der Waals surface area (Å²) in [4.78, 5) is 0. The number of hydrogen-bond acceptors (Lipinski definition) is 4. The molecule has 0 N–H and O–H groups in total. The van der Waals surface area contributed by atoms with E-state index < -0.39 is 0 Å². The Morgan fingerprint density at radius 3 is 2.17 bits per heavy atom. The summed E-state index contributed by atoms with van der Waals surface area (Å²) in [5.74, 6) is 2.27. The molecule has 41 heavy (non-hydrogen) atoms. The molecule has 0 spiro atoms. The van der Waals surface area contributed by atoms with Crippen LogP contribution in [0.3, 0.4) is 0 Å². The van der Waals surface area contributed by atoms with Crippen molar-refractivity contribution in [2.75, 3.05) is 33.5 Å². The highest BCUT2D eigenvalue weighted by Gasteiger charge is 2.13. The van der Waals surface area contributed by atoms with Crippen LogP contribution in [0.1, 0.15) is 34.6 Å². The summed E-state index contributed by atoms with van der Waals surface area (Å²) in [5, 5.41) is 0.999. The van der Waals surface area contributed by atoms with E-state index in [2.05, 4.69) is 50.2 Å².